The topological polar surface area (TPSA) is 100 Å². The Bertz CT molecular complexity index is 1290. The number of amides is 1. The number of piperidine rings is 1. The maximum Gasteiger partial charge on any atom is 0.410 e. The van der Waals surface area contributed by atoms with Crippen molar-refractivity contribution in [2.24, 2.45) is 0 Å². The number of hydrogen-bond acceptors (Lipinski definition) is 7. The number of carbonyl (C=O) groups excluding carboxylic acids is 1. The zero-order valence-electron chi connectivity index (χ0n) is 20.9. The summed E-state index contributed by atoms with van der Waals surface area (Å²) in [6.45, 7) is 8.87. The molecule has 182 valence electrons. The number of nitrogens with zero attached hydrogens (tertiary/aromatic N) is 4. The monoisotopic (exact) mass is 473 g/mol. The van der Waals surface area contributed by atoms with Crippen LogP contribution in [0.4, 0.5) is 10.6 Å². The number of nitrogens with one attached hydrogen (secondary N) is 1. The molecule has 0 bridgehead atoms. The Labute approximate surface area is 205 Å². The summed E-state index contributed by atoms with van der Waals surface area (Å²) in [6, 6.07) is 13.6. The Morgan fingerprint density at radius 1 is 1.17 bits per heavy atom. The van der Waals surface area contributed by atoms with Crippen molar-refractivity contribution in [3.8, 4) is 23.1 Å². The van der Waals surface area contributed by atoms with Gasteiger partial charge in [-0.15, -0.1) is 10.2 Å². The van der Waals surface area contributed by atoms with Gasteiger partial charge in [-0.3, -0.25) is 0 Å². The summed E-state index contributed by atoms with van der Waals surface area (Å²) in [5.41, 5.74) is 2.55. The first-order valence-electron chi connectivity index (χ1n) is 11.8. The molecule has 8 nitrogen and oxygen atoms in total. The number of aryl methyl sites for hydroxylation is 1. The average molecular weight is 474 g/mol. The van der Waals surface area contributed by atoms with Crippen molar-refractivity contribution in [1.29, 1.82) is 5.26 Å². The summed E-state index contributed by atoms with van der Waals surface area (Å²) in [5.74, 6) is 1.24. The third-order valence-electron chi connectivity index (χ3n) is 5.93. The predicted molar refractivity (Wildman–Crippen MR) is 135 cm³/mol. The van der Waals surface area contributed by atoms with Gasteiger partial charge in [0.2, 0.25) is 0 Å². The van der Waals surface area contributed by atoms with Gasteiger partial charge in [-0.2, -0.15) is 5.26 Å². The molecule has 3 aromatic rings. The molecule has 2 heterocycles. The second kappa shape index (κ2) is 9.79. The highest BCUT2D eigenvalue weighted by Crippen LogP contribution is 2.36. The number of methoxy groups -OCH3 is 1. The van der Waals surface area contributed by atoms with E-state index in [1.54, 1.807) is 24.1 Å². The summed E-state index contributed by atoms with van der Waals surface area (Å²) in [5, 5.41) is 23.7. The smallest absolute Gasteiger partial charge is 0.410 e. The SMILES string of the molecule is COc1cc(C#N)ccc1-c1nnc(N[C@@H]2CCCN(C(=O)OC(C)(C)C)C2)c2ccc(C)cc12. The molecule has 0 saturated carbocycles. The molecule has 0 radical (unpaired) electrons. The number of rotatable bonds is 4. The van der Waals surface area contributed by atoms with E-state index in [0.29, 0.717) is 35.9 Å². The van der Waals surface area contributed by atoms with Crippen LogP contribution in [-0.4, -0.2) is 53.0 Å². The first-order valence-corrected chi connectivity index (χ1v) is 11.8. The maximum absolute atomic E-state index is 12.6. The molecule has 1 aromatic heterocycles. The minimum atomic E-state index is -0.528. The van der Waals surface area contributed by atoms with Crippen LogP contribution in [0.3, 0.4) is 0 Å². The molecule has 1 atom stereocenters. The van der Waals surface area contributed by atoms with Crippen molar-refractivity contribution in [3.63, 3.8) is 0 Å². The fourth-order valence-electron chi connectivity index (χ4n) is 4.31. The predicted octanol–water partition coefficient (Wildman–Crippen LogP) is 5.30. The molecule has 1 aliphatic heterocycles. The molecule has 1 aliphatic rings. The van der Waals surface area contributed by atoms with Crippen molar-refractivity contribution < 1.29 is 14.3 Å². The first kappa shape index (κ1) is 24.3. The average Bonchev–Trinajstić information content (AvgIpc) is 2.83. The van der Waals surface area contributed by atoms with Gasteiger partial charge in [-0.1, -0.05) is 17.7 Å². The summed E-state index contributed by atoms with van der Waals surface area (Å²) >= 11 is 0. The second-order valence-electron chi connectivity index (χ2n) is 9.88. The van der Waals surface area contributed by atoms with Crippen molar-refractivity contribution >= 4 is 22.7 Å². The Kier molecular flexibility index (Phi) is 6.79. The third-order valence-corrected chi connectivity index (χ3v) is 5.93. The third kappa shape index (κ3) is 5.46. The van der Waals surface area contributed by atoms with Crippen LogP contribution in [0.1, 0.15) is 44.7 Å². The lowest BCUT2D eigenvalue weighted by Gasteiger charge is -2.34. The van der Waals surface area contributed by atoms with Crippen LogP contribution < -0.4 is 10.1 Å². The standard InChI is InChI=1S/C27H31N5O3/c1-17-8-10-20-22(13-17)24(21-11-9-18(15-28)14-23(21)34-5)30-31-25(20)29-19-7-6-12-32(16-19)26(33)35-27(2,3)4/h8-11,13-14,19H,6-7,12,16H2,1-5H3,(H,29,31)/t19-/m1/s1. The summed E-state index contributed by atoms with van der Waals surface area (Å²) in [4.78, 5) is 14.3. The van der Waals surface area contributed by atoms with E-state index in [0.717, 1.165) is 34.7 Å². The van der Waals surface area contributed by atoms with Crippen LogP contribution in [0, 0.1) is 18.3 Å². The zero-order chi connectivity index (χ0) is 25.2. The van der Waals surface area contributed by atoms with E-state index in [1.807, 2.05) is 45.9 Å². The van der Waals surface area contributed by atoms with Crippen LogP contribution in [0.15, 0.2) is 36.4 Å². The summed E-state index contributed by atoms with van der Waals surface area (Å²) < 4.78 is 11.1. The van der Waals surface area contributed by atoms with Crippen LogP contribution in [-0.2, 0) is 4.74 Å². The lowest BCUT2D eigenvalue weighted by molar-refractivity contribution is 0.0206. The van der Waals surface area contributed by atoms with Crippen molar-refractivity contribution in [1.82, 2.24) is 15.1 Å². The van der Waals surface area contributed by atoms with Gasteiger partial charge < -0.3 is 19.7 Å². The van der Waals surface area contributed by atoms with E-state index in [9.17, 15) is 10.1 Å². The zero-order valence-corrected chi connectivity index (χ0v) is 20.9. The number of hydrogen-bond donors (Lipinski definition) is 1. The quantitative estimate of drug-likeness (QED) is 0.549. The molecule has 0 spiro atoms. The van der Waals surface area contributed by atoms with E-state index < -0.39 is 5.60 Å². The van der Waals surface area contributed by atoms with Crippen LogP contribution in [0.25, 0.3) is 22.0 Å². The molecule has 1 saturated heterocycles. The molecule has 8 heteroatoms. The maximum atomic E-state index is 12.6. The van der Waals surface area contributed by atoms with Crippen LogP contribution in [0.5, 0.6) is 5.75 Å². The number of fused-ring (bicyclic) bond motifs is 1. The lowest BCUT2D eigenvalue weighted by atomic mass is 10.0. The van der Waals surface area contributed by atoms with Crippen molar-refractivity contribution in [3.05, 3.63) is 47.5 Å². The van der Waals surface area contributed by atoms with Gasteiger partial charge >= 0.3 is 6.09 Å². The van der Waals surface area contributed by atoms with Gasteiger partial charge in [0.25, 0.3) is 0 Å². The highest BCUT2D eigenvalue weighted by atomic mass is 16.6. The number of carbonyl (C=O) groups is 1. The van der Waals surface area contributed by atoms with E-state index in [4.69, 9.17) is 9.47 Å². The Morgan fingerprint density at radius 3 is 2.69 bits per heavy atom. The summed E-state index contributed by atoms with van der Waals surface area (Å²) in [6.07, 6.45) is 1.50. The largest absolute Gasteiger partial charge is 0.496 e. The summed E-state index contributed by atoms with van der Waals surface area (Å²) in [7, 11) is 1.58. The molecule has 1 amide bonds. The van der Waals surface area contributed by atoms with Crippen LogP contribution >= 0.6 is 0 Å². The second-order valence-corrected chi connectivity index (χ2v) is 9.88. The van der Waals surface area contributed by atoms with Crippen molar-refractivity contribution in [2.45, 2.75) is 52.2 Å². The number of aromatic nitrogens is 2. The molecular formula is C27H31N5O3. The highest BCUT2D eigenvalue weighted by molar-refractivity contribution is 6.01. The Balaban J connectivity index is 1.66. The molecule has 1 N–H and O–H groups in total. The first-order chi connectivity index (χ1) is 16.7. The van der Waals surface area contributed by atoms with Crippen molar-refractivity contribution in [2.75, 3.05) is 25.5 Å². The molecular weight excluding hydrogens is 442 g/mol. The van der Waals surface area contributed by atoms with Gasteiger partial charge in [-0.25, -0.2) is 4.79 Å². The Morgan fingerprint density at radius 2 is 1.97 bits per heavy atom. The number of benzene rings is 2. The number of anilines is 1. The van der Waals surface area contributed by atoms with Gasteiger partial charge in [0, 0.05) is 35.5 Å². The Hall–Kier alpha value is -3.86. The minimum Gasteiger partial charge on any atom is -0.496 e. The number of likely N-dealkylation sites (tertiary alicyclic amines) is 1. The molecule has 0 unspecified atom stereocenters. The van der Waals surface area contributed by atoms with E-state index >= 15 is 0 Å². The molecule has 0 aliphatic carbocycles. The molecule has 1 fully saturated rings. The van der Waals surface area contributed by atoms with Gasteiger partial charge in [0.15, 0.2) is 5.82 Å². The molecule has 4 rings (SSSR count). The number of nitriles is 1. The fourth-order valence-corrected chi connectivity index (χ4v) is 4.31. The van der Waals surface area contributed by atoms with Gasteiger partial charge in [0.1, 0.15) is 17.0 Å². The van der Waals surface area contributed by atoms with Crippen LogP contribution in [0.2, 0.25) is 0 Å². The van der Waals surface area contributed by atoms with Gasteiger partial charge in [-0.05, 0) is 64.8 Å². The van der Waals surface area contributed by atoms with Gasteiger partial charge in [0.05, 0.1) is 18.7 Å². The minimum absolute atomic E-state index is 0.0327. The molecule has 2 aromatic carbocycles. The number of ether oxygens (including phenoxy) is 2. The molecule has 35 heavy (non-hydrogen) atoms. The van der Waals surface area contributed by atoms with E-state index in [2.05, 4.69) is 27.6 Å². The van der Waals surface area contributed by atoms with E-state index in [1.165, 1.54) is 0 Å². The fraction of sp³-hybridized carbons (Fsp3) is 0.407. The highest BCUT2D eigenvalue weighted by Gasteiger charge is 2.28. The lowest BCUT2D eigenvalue weighted by Crippen LogP contribution is -2.47. The van der Waals surface area contributed by atoms with E-state index in [-0.39, 0.29) is 12.1 Å². The normalized spacial score (nSPS) is 16.0.